The molecule has 2 fully saturated rings. The van der Waals surface area contributed by atoms with Gasteiger partial charge in [-0.25, -0.2) is 0 Å². The molecule has 26 heavy (non-hydrogen) atoms. The van der Waals surface area contributed by atoms with Crippen LogP contribution in [0.4, 0.5) is 0 Å². The maximum Gasteiger partial charge on any atom is 0.0718 e. The largest absolute Gasteiger partial charge is 0.377 e. The zero-order chi connectivity index (χ0) is 17.8. The van der Waals surface area contributed by atoms with Crippen LogP contribution in [0.1, 0.15) is 30.4 Å². The van der Waals surface area contributed by atoms with Crippen molar-refractivity contribution in [3.63, 3.8) is 0 Å². The maximum atomic E-state index is 6.17. The Labute approximate surface area is 155 Å². The Bertz CT molecular complexity index is 705. The average molecular weight is 356 g/mol. The lowest BCUT2D eigenvalue weighted by Gasteiger charge is -2.50. The summed E-state index contributed by atoms with van der Waals surface area (Å²) in [5.41, 5.74) is 2.55. The van der Waals surface area contributed by atoms with Crippen LogP contribution in [0.5, 0.6) is 0 Å². The van der Waals surface area contributed by atoms with E-state index in [9.17, 15) is 0 Å². The predicted molar refractivity (Wildman–Crippen MR) is 98.4 cm³/mol. The number of fused-ring (bicyclic) bond motifs is 1. The van der Waals surface area contributed by atoms with Gasteiger partial charge in [0.25, 0.3) is 0 Å². The van der Waals surface area contributed by atoms with Crippen molar-refractivity contribution in [3.8, 4) is 0 Å². The molecule has 2 aromatic rings. The molecule has 0 amide bonds. The third-order valence-electron chi connectivity index (χ3n) is 5.64. The van der Waals surface area contributed by atoms with Gasteiger partial charge in [0.1, 0.15) is 0 Å². The van der Waals surface area contributed by atoms with Crippen LogP contribution in [0.15, 0.2) is 36.9 Å². The Balaban J connectivity index is 1.40. The molecule has 0 bridgehead atoms. The van der Waals surface area contributed by atoms with Crippen LogP contribution >= 0.6 is 0 Å². The fourth-order valence-corrected chi connectivity index (χ4v) is 4.39. The smallest absolute Gasteiger partial charge is 0.0718 e. The molecule has 4 rings (SSSR count). The second-order valence-electron chi connectivity index (χ2n) is 7.70. The van der Waals surface area contributed by atoms with E-state index in [0.717, 1.165) is 45.7 Å². The quantitative estimate of drug-likeness (QED) is 0.796. The van der Waals surface area contributed by atoms with Crippen molar-refractivity contribution >= 4 is 0 Å². The molecule has 2 aliphatic rings. The van der Waals surface area contributed by atoms with Crippen molar-refractivity contribution in [1.82, 2.24) is 19.7 Å². The molecule has 140 valence electrons. The average Bonchev–Trinajstić information content (AvgIpc) is 3.07. The highest BCUT2D eigenvalue weighted by atomic mass is 16.5. The standard InChI is InChI=1S/C20H28N4O2/c1-23-12-18(11-22-23)13-24-9-5-19-20(15-24,6-2-10-26-19)16-25-14-17-3-7-21-8-4-17/h3-4,7-8,11-12,19H,2,5-6,9-10,13-16H2,1H3/t19-,20-/m0/s1. The lowest BCUT2D eigenvalue weighted by Crippen LogP contribution is -2.56. The summed E-state index contributed by atoms with van der Waals surface area (Å²) in [6.07, 6.45) is 11.4. The molecular formula is C20H28N4O2. The number of aromatic nitrogens is 3. The zero-order valence-corrected chi connectivity index (χ0v) is 15.5. The van der Waals surface area contributed by atoms with Gasteiger partial charge in [0.15, 0.2) is 0 Å². The summed E-state index contributed by atoms with van der Waals surface area (Å²) in [4.78, 5) is 6.61. The minimum atomic E-state index is 0.103. The number of ether oxygens (including phenoxy) is 2. The number of hydrogen-bond acceptors (Lipinski definition) is 5. The van der Waals surface area contributed by atoms with Gasteiger partial charge >= 0.3 is 0 Å². The number of nitrogens with zero attached hydrogens (tertiary/aromatic N) is 4. The van der Waals surface area contributed by atoms with Gasteiger partial charge < -0.3 is 9.47 Å². The van der Waals surface area contributed by atoms with Gasteiger partial charge in [0.05, 0.1) is 25.5 Å². The van der Waals surface area contributed by atoms with Crippen molar-refractivity contribution in [2.24, 2.45) is 12.5 Å². The summed E-state index contributed by atoms with van der Waals surface area (Å²) in [5, 5.41) is 4.30. The molecule has 0 radical (unpaired) electrons. The van der Waals surface area contributed by atoms with Crippen LogP contribution in [-0.4, -0.2) is 52.1 Å². The fraction of sp³-hybridized carbons (Fsp3) is 0.600. The number of hydrogen-bond donors (Lipinski definition) is 0. The van der Waals surface area contributed by atoms with Gasteiger partial charge in [-0.05, 0) is 37.0 Å². The Morgan fingerprint density at radius 3 is 3.00 bits per heavy atom. The van der Waals surface area contributed by atoms with Crippen molar-refractivity contribution in [2.45, 2.75) is 38.5 Å². The highest BCUT2D eigenvalue weighted by molar-refractivity contribution is 5.08. The van der Waals surface area contributed by atoms with Gasteiger partial charge in [-0.15, -0.1) is 0 Å². The lowest BCUT2D eigenvalue weighted by atomic mass is 9.73. The fourth-order valence-electron chi connectivity index (χ4n) is 4.39. The van der Waals surface area contributed by atoms with Crippen LogP contribution in [0.2, 0.25) is 0 Å². The van der Waals surface area contributed by atoms with E-state index in [-0.39, 0.29) is 5.41 Å². The van der Waals surface area contributed by atoms with E-state index in [1.54, 1.807) is 0 Å². The minimum Gasteiger partial charge on any atom is -0.377 e. The van der Waals surface area contributed by atoms with Crippen molar-refractivity contribution < 1.29 is 9.47 Å². The molecule has 0 aliphatic carbocycles. The molecule has 6 nitrogen and oxygen atoms in total. The van der Waals surface area contributed by atoms with Crippen LogP contribution < -0.4 is 0 Å². The van der Waals surface area contributed by atoms with Crippen LogP contribution in [0, 0.1) is 5.41 Å². The first-order valence-corrected chi connectivity index (χ1v) is 9.52. The van der Waals surface area contributed by atoms with Gasteiger partial charge in [-0.2, -0.15) is 5.10 Å². The van der Waals surface area contributed by atoms with Crippen molar-refractivity contribution in [3.05, 3.63) is 48.0 Å². The molecular weight excluding hydrogens is 328 g/mol. The molecule has 0 N–H and O–H groups in total. The summed E-state index contributed by atoms with van der Waals surface area (Å²) in [6.45, 7) is 5.34. The van der Waals surface area contributed by atoms with E-state index in [2.05, 4.69) is 21.2 Å². The van der Waals surface area contributed by atoms with E-state index < -0.39 is 0 Å². The highest BCUT2D eigenvalue weighted by Crippen LogP contribution is 2.41. The normalized spacial score (nSPS) is 26.6. The number of aryl methyl sites for hydroxylation is 1. The first-order valence-electron chi connectivity index (χ1n) is 9.52. The van der Waals surface area contributed by atoms with Crippen LogP contribution in [-0.2, 0) is 29.7 Å². The summed E-state index contributed by atoms with van der Waals surface area (Å²) in [6, 6.07) is 4.03. The molecule has 2 atom stereocenters. The topological polar surface area (TPSA) is 52.4 Å². The molecule has 0 aromatic carbocycles. The van der Waals surface area contributed by atoms with E-state index >= 15 is 0 Å². The van der Waals surface area contributed by atoms with Gasteiger partial charge in [0, 0.05) is 62.9 Å². The van der Waals surface area contributed by atoms with Crippen LogP contribution in [0.25, 0.3) is 0 Å². The molecule has 0 saturated carbocycles. The van der Waals surface area contributed by atoms with E-state index in [1.807, 2.05) is 42.5 Å². The second kappa shape index (κ2) is 7.86. The van der Waals surface area contributed by atoms with Crippen molar-refractivity contribution in [2.75, 3.05) is 26.3 Å². The monoisotopic (exact) mass is 356 g/mol. The maximum absolute atomic E-state index is 6.17. The molecule has 6 heteroatoms. The Morgan fingerprint density at radius 1 is 1.31 bits per heavy atom. The molecule has 0 spiro atoms. The minimum absolute atomic E-state index is 0.103. The molecule has 0 unspecified atom stereocenters. The zero-order valence-electron chi connectivity index (χ0n) is 15.5. The Hall–Kier alpha value is -1.76. The number of rotatable bonds is 6. The number of pyridine rings is 1. The van der Waals surface area contributed by atoms with Gasteiger partial charge in [-0.1, -0.05) is 0 Å². The summed E-state index contributed by atoms with van der Waals surface area (Å²) >= 11 is 0. The highest BCUT2D eigenvalue weighted by Gasteiger charge is 2.46. The lowest BCUT2D eigenvalue weighted by molar-refractivity contribution is -0.155. The third kappa shape index (κ3) is 3.98. The van der Waals surface area contributed by atoms with Gasteiger partial charge in [-0.3, -0.25) is 14.6 Å². The molecule has 2 aromatic heterocycles. The first kappa shape index (κ1) is 17.6. The summed E-state index contributed by atoms with van der Waals surface area (Å²) in [7, 11) is 1.97. The molecule has 4 heterocycles. The van der Waals surface area contributed by atoms with E-state index in [1.165, 1.54) is 17.5 Å². The molecule has 2 aliphatic heterocycles. The van der Waals surface area contributed by atoms with Gasteiger partial charge in [0.2, 0.25) is 0 Å². The Morgan fingerprint density at radius 2 is 2.19 bits per heavy atom. The number of likely N-dealkylation sites (tertiary alicyclic amines) is 1. The third-order valence-corrected chi connectivity index (χ3v) is 5.64. The van der Waals surface area contributed by atoms with E-state index in [4.69, 9.17) is 9.47 Å². The summed E-state index contributed by atoms with van der Waals surface area (Å²) < 4.78 is 14.2. The second-order valence-corrected chi connectivity index (χ2v) is 7.70. The van der Waals surface area contributed by atoms with E-state index in [0.29, 0.717) is 12.7 Å². The van der Waals surface area contributed by atoms with Crippen molar-refractivity contribution in [1.29, 1.82) is 0 Å². The molecule has 2 saturated heterocycles. The van der Waals surface area contributed by atoms with Crippen LogP contribution in [0.3, 0.4) is 0 Å². The first-order chi connectivity index (χ1) is 12.7. The summed E-state index contributed by atoms with van der Waals surface area (Å²) in [5.74, 6) is 0. The predicted octanol–water partition coefficient (Wildman–Crippen LogP) is 2.40. The number of piperidine rings is 1. The Kier molecular flexibility index (Phi) is 5.33. The SMILES string of the molecule is Cn1cc(CN2CC[C@@H]3OCCC[C@@]3(COCc3ccncc3)C2)cn1.